The normalized spacial score (nSPS) is 21.9. The molecule has 0 aromatic carbocycles. The number of carbonyl (C=O) groups excluding carboxylic acids is 2. The zero-order chi connectivity index (χ0) is 12.8. The largest absolute Gasteiger partial charge is 0.361 e. The van der Waals surface area contributed by atoms with E-state index >= 15 is 0 Å². The maximum absolute atomic E-state index is 12.3. The van der Waals surface area contributed by atoms with Gasteiger partial charge in [0.05, 0.1) is 6.54 Å². The van der Waals surface area contributed by atoms with Crippen molar-refractivity contribution in [1.82, 2.24) is 15.4 Å². The fourth-order valence-corrected chi connectivity index (χ4v) is 2.79. The summed E-state index contributed by atoms with van der Waals surface area (Å²) in [5, 5.41) is 6.65. The van der Waals surface area contributed by atoms with Gasteiger partial charge in [-0.1, -0.05) is 18.0 Å². The van der Waals surface area contributed by atoms with Crippen molar-refractivity contribution in [3.8, 4) is 0 Å². The van der Waals surface area contributed by atoms with E-state index in [9.17, 15) is 9.59 Å². The highest BCUT2D eigenvalue weighted by molar-refractivity contribution is 6.07. The van der Waals surface area contributed by atoms with E-state index in [4.69, 9.17) is 4.52 Å². The number of nitrogens with one attached hydrogen (secondary N) is 1. The van der Waals surface area contributed by atoms with E-state index < -0.39 is 5.54 Å². The minimum atomic E-state index is -0.643. The summed E-state index contributed by atoms with van der Waals surface area (Å²) in [4.78, 5) is 25.5. The van der Waals surface area contributed by atoms with Crippen LogP contribution in [0.2, 0.25) is 0 Å². The first-order chi connectivity index (χ1) is 8.61. The number of imide groups is 1. The lowest BCUT2D eigenvalue weighted by atomic mass is 9.98. The zero-order valence-corrected chi connectivity index (χ0v) is 10.2. The summed E-state index contributed by atoms with van der Waals surface area (Å²) in [5.74, 6) is 0.554. The van der Waals surface area contributed by atoms with Crippen LogP contribution in [0.25, 0.3) is 0 Å². The molecule has 1 saturated carbocycles. The third-order valence-corrected chi connectivity index (χ3v) is 3.70. The van der Waals surface area contributed by atoms with Gasteiger partial charge in [-0.2, -0.15) is 0 Å². The third kappa shape index (κ3) is 1.60. The van der Waals surface area contributed by atoms with E-state index in [1.54, 1.807) is 13.0 Å². The van der Waals surface area contributed by atoms with Crippen LogP contribution in [0.3, 0.4) is 0 Å². The standard InChI is InChI=1S/C12H15N3O3/c1-8-6-9(14-18-8)7-15-10(16)12(13-11(15)17)4-2-3-5-12/h6H,2-5,7H2,1H3,(H,13,17). The van der Waals surface area contributed by atoms with Crippen molar-refractivity contribution in [3.05, 3.63) is 17.5 Å². The average molecular weight is 249 g/mol. The number of hydrogen-bond acceptors (Lipinski definition) is 4. The number of hydrogen-bond donors (Lipinski definition) is 1. The van der Waals surface area contributed by atoms with Crippen LogP contribution in [0.1, 0.15) is 37.1 Å². The Hall–Kier alpha value is -1.85. The van der Waals surface area contributed by atoms with Gasteiger partial charge in [-0.15, -0.1) is 0 Å². The van der Waals surface area contributed by atoms with Crippen LogP contribution >= 0.6 is 0 Å². The summed E-state index contributed by atoms with van der Waals surface area (Å²) in [5.41, 5.74) is -0.0402. The van der Waals surface area contributed by atoms with Crippen LogP contribution in [-0.4, -0.2) is 27.5 Å². The van der Waals surface area contributed by atoms with Gasteiger partial charge in [-0.25, -0.2) is 4.79 Å². The van der Waals surface area contributed by atoms with Gasteiger partial charge in [0.2, 0.25) is 0 Å². The van der Waals surface area contributed by atoms with Gasteiger partial charge in [-0.05, 0) is 19.8 Å². The molecule has 2 fully saturated rings. The predicted octanol–water partition coefficient (Wildman–Crippen LogP) is 1.35. The average Bonchev–Trinajstić information content (AvgIpc) is 2.99. The Bertz CT molecular complexity index is 502. The molecule has 1 aliphatic heterocycles. The maximum atomic E-state index is 12.3. The number of aryl methyl sites for hydroxylation is 1. The summed E-state index contributed by atoms with van der Waals surface area (Å²) < 4.78 is 4.94. The highest BCUT2D eigenvalue weighted by Gasteiger charge is 2.52. The van der Waals surface area contributed by atoms with Crippen LogP contribution in [0, 0.1) is 6.92 Å². The summed E-state index contributed by atoms with van der Waals surface area (Å²) in [6.45, 7) is 1.96. The third-order valence-electron chi connectivity index (χ3n) is 3.70. The Morgan fingerprint density at radius 2 is 2.17 bits per heavy atom. The van der Waals surface area contributed by atoms with E-state index in [1.165, 1.54) is 4.90 Å². The first-order valence-electron chi connectivity index (χ1n) is 6.17. The Balaban J connectivity index is 1.80. The zero-order valence-electron chi connectivity index (χ0n) is 10.2. The second-order valence-electron chi connectivity index (χ2n) is 5.04. The Kier molecular flexibility index (Phi) is 2.39. The van der Waals surface area contributed by atoms with Crippen LogP contribution < -0.4 is 5.32 Å². The van der Waals surface area contributed by atoms with E-state index in [2.05, 4.69) is 10.5 Å². The SMILES string of the molecule is Cc1cc(CN2C(=O)NC3(CCCC3)C2=O)no1. The lowest BCUT2D eigenvalue weighted by Crippen LogP contribution is -2.44. The first-order valence-corrected chi connectivity index (χ1v) is 6.17. The summed E-state index contributed by atoms with van der Waals surface area (Å²) in [7, 11) is 0. The fourth-order valence-electron chi connectivity index (χ4n) is 2.79. The number of carbonyl (C=O) groups is 2. The maximum Gasteiger partial charge on any atom is 0.325 e. The lowest BCUT2D eigenvalue weighted by Gasteiger charge is -2.19. The van der Waals surface area contributed by atoms with Crippen molar-refractivity contribution >= 4 is 11.9 Å². The minimum Gasteiger partial charge on any atom is -0.361 e. The smallest absolute Gasteiger partial charge is 0.325 e. The second kappa shape index (κ2) is 3.83. The van der Waals surface area contributed by atoms with Crippen molar-refractivity contribution in [1.29, 1.82) is 0 Å². The molecule has 2 heterocycles. The van der Waals surface area contributed by atoms with E-state index in [-0.39, 0.29) is 18.5 Å². The first kappa shape index (κ1) is 11.3. The molecule has 1 spiro atoms. The summed E-state index contributed by atoms with van der Waals surface area (Å²) in [6.07, 6.45) is 3.46. The molecule has 96 valence electrons. The van der Waals surface area contributed by atoms with Crippen molar-refractivity contribution in [2.24, 2.45) is 0 Å². The van der Waals surface area contributed by atoms with Crippen molar-refractivity contribution in [2.75, 3.05) is 0 Å². The molecule has 6 nitrogen and oxygen atoms in total. The molecule has 0 unspecified atom stereocenters. The molecule has 3 rings (SSSR count). The van der Waals surface area contributed by atoms with Gasteiger partial charge in [-0.3, -0.25) is 9.69 Å². The molecule has 1 aliphatic carbocycles. The summed E-state index contributed by atoms with van der Waals surface area (Å²) in [6, 6.07) is 1.42. The molecule has 0 bridgehead atoms. The van der Waals surface area contributed by atoms with Gasteiger partial charge in [0.1, 0.15) is 17.0 Å². The molecule has 6 heteroatoms. The van der Waals surface area contributed by atoms with Gasteiger partial charge in [0.25, 0.3) is 5.91 Å². The number of amides is 3. The van der Waals surface area contributed by atoms with Crippen LogP contribution in [0.4, 0.5) is 4.79 Å². The molecule has 18 heavy (non-hydrogen) atoms. The van der Waals surface area contributed by atoms with Gasteiger partial charge < -0.3 is 9.84 Å². The molecule has 2 aliphatic rings. The van der Waals surface area contributed by atoms with E-state index in [0.717, 1.165) is 25.7 Å². The number of urea groups is 1. The molecule has 1 saturated heterocycles. The van der Waals surface area contributed by atoms with E-state index in [0.29, 0.717) is 11.5 Å². The Morgan fingerprint density at radius 1 is 1.44 bits per heavy atom. The van der Waals surface area contributed by atoms with Gasteiger partial charge >= 0.3 is 6.03 Å². The van der Waals surface area contributed by atoms with Crippen LogP contribution in [0.15, 0.2) is 10.6 Å². The Labute approximate surface area is 104 Å². The van der Waals surface area contributed by atoms with E-state index in [1.807, 2.05) is 0 Å². The minimum absolute atomic E-state index is 0.120. The van der Waals surface area contributed by atoms with Gasteiger partial charge in [0.15, 0.2) is 0 Å². The Morgan fingerprint density at radius 3 is 2.78 bits per heavy atom. The van der Waals surface area contributed by atoms with Crippen LogP contribution in [-0.2, 0) is 11.3 Å². The molecular weight excluding hydrogens is 234 g/mol. The predicted molar refractivity (Wildman–Crippen MR) is 61.5 cm³/mol. The molecule has 1 N–H and O–H groups in total. The topological polar surface area (TPSA) is 75.4 Å². The van der Waals surface area contributed by atoms with Crippen molar-refractivity contribution in [2.45, 2.75) is 44.7 Å². The number of aromatic nitrogens is 1. The highest BCUT2D eigenvalue weighted by atomic mass is 16.5. The second-order valence-corrected chi connectivity index (χ2v) is 5.04. The fraction of sp³-hybridized carbons (Fsp3) is 0.583. The molecule has 1 aromatic rings. The van der Waals surface area contributed by atoms with Crippen molar-refractivity contribution in [3.63, 3.8) is 0 Å². The quantitative estimate of drug-likeness (QED) is 0.803. The summed E-state index contributed by atoms with van der Waals surface area (Å²) >= 11 is 0. The monoisotopic (exact) mass is 249 g/mol. The lowest BCUT2D eigenvalue weighted by molar-refractivity contribution is -0.131. The number of nitrogens with zero attached hydrogens (tertiary/aromatic N) is 2. The van der Waals surface area contributed by atoms with Gasteiger partial charge in [0, 0.05) is 6.07 Å². The van der Waals surface area contributed by atoms with Crippen molar-refractivity contribution < 1.29 is 14.1 Å². The molecule has 3 amide bonds. The molecule has 1 aromatic heterocycles. The molecule has 0 atom stereocenters. The van der Waals surface area contributed by atoms with Crippen LogP contribution in [0.5, 0.6) is 0 Å². The highest BCUT2D eigenvalue weighted by Crippen LogP contribution is 2.35. The number of rotatable bonds is 2. The molecule has 0 radical (unpaired) electrons. The molecular formula is C12H15N3O3.